The van der Waals surface area contributed by atoms with Gasteiger partial charge < -0.3 is 9.84 Å². The van der Waals surface area contributed by atoms with Gasteiger partial charge in [0.1, 0.15) is 21.2 Å². The molecule has 2 heterocycles. The molecular weight excluding hydrogens is 388 g/mol. The van der Waals surface area contributed by atoms with Gasteiger partial charge in [0.05, 0.1) is 33.2 Å². The molecule has 0 unspecified atom stereocenters. The molecule has 0 amide bonds. The molecule has 1 aliphatic rings. The van der Waals surface area contributed by atoms with Gasteiger partial charge in [0.25, 0.3) is 0 Å². The van der Waals surface area contributed by atoms with Crippen molar-refractivity contribution in [2.75, 3.05) is 6.51 Å². The first-order chi connectivity index (χ1) is 11.6. The molecule has 0 spiro atoms. The summed E-state index contributed by atoms with van der Waals surface area (Å²) in [7, 11) is -2.51. The number of hydrogen-bond donors (Lipinski definition) is 1. The van der Waals surface area contributed by atoms with E-state index in [2.05, 4.69) is 4.98 Å². The number of aliphatic hydroxyl groups is 1. The van der Waals surface area contributed by atoms with E-state index < -0.39 is 31.1 Å². The van der Waals surface area contributed by atoms with E-state index in [0.29, 0.717) is 0 Å². The number of thiazole rings is 1. The van der Waals surface area contributed by atoms with E-state index in [0.717, 1.165) is 17.4 Å². The molecule has 1 aromatic heterocycles. The lowest BCUT2D eigenvalue weighted by Gasteiger charge is -2.31. The first-order valence-corrected chi connectivity index (χ1v) is 10.1. The normalized spacial score (nSPS) is 18.1. The Morgan fingerprint density at radius 3 is 2.76 bits per heavy atom. The summed E-state index contributed by atoms with van der Waals surface area (Å²) in [5.74, 6) is -1.50. The molecule has 1 aromatic carbocycles. The average molecular weight is 402 g/mol. The number of aromatic nitrogens is 1. The first-order valence-electron chi connectivity index (χ1n) is 7.38. The van der Waals surface area contributed by atoms with Gasteiger partial charge >= 0.3 is 0 Å². The number of fused-ring (bicyclic) bond motifs is 1. The molecule has 25 heavy (non-hydrogen) atoms. The Morgan fingerprint density at radius 2 is 2.12 bits per heavy atom. The molecule has 132 valence electrons. The van der Waals surface area contributed by atoms with Crippen LogP contribution in [0.25, 0.3) is 10.7 Å². The lowest BCUT2D eigenvalue weighted by atomic mass is 10.0. The van der Waals surface area contributed by atoms with E-state index in [-0.39, 0.29) is 33.4 Å². The fourth-order valence-corrected chi connectivity index (χ4v) is 5.71. The van der Waals surface area contributed by atoms with E-state index in [1.54, 1.807) is 7.85 Å². The van der Waals surface area contributed by atoms with Gasteiger partial charge in [-0.2, -0.15) is 0 Å². The SMILES string of the molecule is BCOc1c(Cl)ccc(F)c1C1=C(O)c2scnc2C(C)(C)S1(=O)=O. The maximum Gasteiger partial charge on any atom is 0.193 e. The summed E-state index contributed by atoms with van der Waals surface area (Å²) in [6, 6.07) is 2.33. The average Bonchev–Trinajstić information content (AvgIpc) is 3.03. The predicted octanol–water partition coefficient (Wildman–Crippen LogP) is 2.95. The van der Waals surface area contributed by atoms with Crippen LogP contribution in [0.5, 0.6) is 5.75 Å². The largest absolute Gasteiger partial charge is 0.505 e. The number of nitrogens with zero attached hydrogens (tertiary/aromatic N) is 1. The van der Waals surface area contributed by atoms with Crippen LogP contribution in [0.15, 0.2) is 17.6 Å². The van der Waals surface area contributed by atoms with E-state index >= 15 is 0 Å². The van der Waals surface area contributed by atoms with Crippen LogP contribution in [0.4, 0.5) is 4.39 Å². The second-order valence-electron chi connectivity index (χ2n) is 5.89. The van der Waals surface area contributed by atoms with Gasteiger partial charge in [-0.3, -0.25) is 0 Å². The minimum Gasteiger partial charge on any atom is -0.505 e. The maximum absolute atomic E-state index is 14.6. The van der Waals surface area contributed by atoms with E-state index in [9.17, 15) is 17.9 Å². The van der Waals surface area contributed by atoms with Crippen molar-refractivity contribution in [3.05, 3.63) is 44.6 Å². The van der Waals surface area contributed by atoms with Crippen molar-refractivity contribution in [1.29, 1.82) is 0 Å². The summed E-state index contributed by atoms with van der Waals surface area (Å²) < 4.78 is 45.0. The third kappa shape index (κ3) is 2.48. The number of hydrogen-bond acceptors (Lipinski definition) is 6. The van der Waals surface area contributed by atoms with Crippen LogP contribution in [0.3, 0.4) is 0 Å². The number of benzene rings is 1. The van der Waals surface area contributed by atoms with E-state index in [4.69, 9.17) is 16.3 Å². The van der Waals surface area contributed by atoms with Gasteiger partial charge in [0, 0.05) is 0 Å². The fraction of sp³-hybridized carbons (Fsp3) is 0.267. The summed E-state index contributed by atoms with van der Waals surface area (Å²) in [5.41, 5.74) is 1.32. The number of halogens is 2. The van der Waals surface area contributed by atoms with Gasteiger partial charge in [-0.25, -0.2) is 17.8 Å². The van der Waals surface area contributed by atoms with E-state index in [1.165, 1.54) is 25.4 Å². The Bertz CT molecular complexity index is 1000. The molecule has 0 saturated heterocycles. The van der Waals surface area contributed by atoms with Crippen molar-refractivity contribution in [3.63, 3.8) is 0 Å². The highest BCUT2D eigenvalue weighted by Gasteiger charge is 2.50. The summed E-state index contributed by atoms with van der Waals surface area (Å²) in [4.78, 5) is 3.84. The molecule has 5 nitrogen and oxygen atoms in total. The lowest BCUT2D eigenvalue weighted by Crippen LogP contribution is -2.34. The Balaban J connectivity index is 2.46. The Kier molecular flexibility index (Phi) is 4.37. The molecule has 0 bridgehead atoms. The number of sulfone groups is 1. The molecule has 10 heteroatoms. The van der Waals surface area contributed by atoms with Gasteiger partial charge in [0.2, 0.25) is 0 Å². The Hall–Kier alpha value is -1.58. The zero-order valence-electron chi connectivity index (χ0n) is 13.6. The summed E-state index contributed by atoms with van der Waals surface area (Å²) >= 11 is 7.17. The third-order valence-corrected chi connectivity index (χ3v) is 7.69. The van der Waals surface area contributed by atoms with Crippen LogP contribution in [0.2, 0.25) is 5.02 Å². The number of rotatable bonds is 3. The second kappa shape index (κ2) is 6.00. The summed E-state index contributed by atoms with van der Waals surface area (Å²) in [6.45, 7) is 3.09. The van der Waals surface area contributed by atoms with Crippen LogP contribution in [-0.4, -0.2) is 32.9 Å². The maximum atomic E-state index is 14.6. The number of aliphatic hydroxyl groups excluding tert-OH is 1. The van der Waals surface area contributed by atoms with Crippen LogP contribution in [0.1, 0.15) is 30.0 Å². The highest BCUT2D eigenvalue weighted by molar-refractivity contribution is 8.01. The minimum atomic E-state index is -4.17. The van der Waals surface area contributed by atoms with Crippen LogP contribution < -0.4 is 4.74 Å². The summed E-state index contributed by atoms with van der Waals surface area (Å²) in [5, 5.41) is 10.7. The zero-order valence-corrected chi connectivity index (χ0v) is 16.0. The summed E-state index contributed by atoms with van der Waals surface area (Å²) in [6.07, 6.45) is 0. The standard InChI is InChI=1S/C15H14BClFNO4S2/c1-15(2)14-12(24-6-19-14)10(20)13(25(15,21)22)9-8(18)4-3-7(17)11(9)23-5-16/h3-4,6,20H,5,16H2,1-2H3. The van der Waals surface area contributed by atoms with Crippen molar-refractivity contribution >= 4 is 51.3 Å². The van der Waals surface area contributed by atoms with Crippen molar-refractivity contribution in [3.8, 4) is 5.75 Å². The molecule has 0 saturated carbocycles. The molecule has 1 N–H and O–H groups in total. The quantitative estimate of drug-likeness (QED) is 0.800. The lowest BCUT2D eigenvalue weighted by molar-refractivity contribution is 0.383. The smallest absolute Gasteiger partial charge is 0.193 e. The topological polar surface area (TPSA) is 76.5 Å². The van der Waals surface area contributed by atoms with Crippen LogP contribution in [0, 0.1) is 5.82 Å². The Morgan fingerprint density at radius 1 is 1.44 bits per heavy atom. The van der Waals surface area contributed by atoms with Crippen LogP contribution >= 0.6 is 22.9 Å². The van der Waals surface area contributed by atoms with Crippen molar-refractivity contribution in [2.45, 2.75) is 18.6 Å². The monoisotopic (exact) mass is 401 g/mol. The Labute approximate surface area is 154 Å². The molecule has 0 radical (unpaired) electrons. The third-order valence-electron chi connectivity index (χ3n) is 4.08. The van der Waals surface area contributed by atoms with Gasteiger partial charge in [0.15, 0.2) is 23.4 Å². The minimum absolute atomic E-state index is 0.0571. The van der Waals surface area contributed by atoms with Gasteiger partial charge in [-0.15, -0.1) is 11.3 Å². The van der Waals surface area contributed by atoms with Crippen molar-refractivity contribution in [2.24, 2.45) is 0 Å². The highest BCUT2D eigenvalue weighted by Crippen LogP contribution is 2.51. The predicted molar refractivity (Wildman–Crippen MR) is 99.0 cm³/mol. The van der Waals surface area contributed by atoms with Gasteiger partial charge in [-0.1, -0.05) is 11.6 Å². The van der Waals surface area contributed by atoms with Gasteiger partial charge in [-0.05, 0) is 26.0 Å². The molecule has 3 rings (SSSR count). The first kappa shape index (κ1) is 18.2. The van der Waals surface area contributed by atoms with Crippen LogP contribution in [-0.2, 0) is 14.6 Å². The molecule has 1 aliphatic heterocycles. The molecule has 2 aromatic rings. The second-order valence-corrected chi connectivity index (χ2v) is 9.59. The van der Waals surface area contributed by atoms with E-state index in [1.807, 2.05) is 0 Å². The van der Waals surface area contributed by atoms with Crippen molar-refractivity contribution < 1.29 is 22.7 Å². The molecule has 0 atom stereocenters. The fourth-order valence-electron chi connectivity index (χ4n) is 2.74. The highest BCUT2D eigenvalue weighted by atomic mass is 35.5. The molecule has 0 fully saturated rings. The zero-order chi connectivity index (χ0) is 18.6. The number of ether oxygens (including phenoxy) is 1. The molecular formula is C15H14BClFNO4S2. The van der Waals surface area contributed by atoms with Crippen molar-refractivity contribution in [1.82, 2.24) is 4.98 Å². The molecule has 0 aliphatic carbocycles.